The van der Waals surface area contributed by atoms with Gasteiger partial charge in [-0.1, -0.05) is 23.9 Å². The van der Waals surface area contributed by atoms with Crippen LogP contribution in [0, 0.1) is 0 Å². The van der Waals surface area contributed by atoms with Crippen LogP contribution in [-0.2, 0) is 0 Å². The second kappa shape index (κ2) is 6.07. The highest BCUT2D eigenvalue weighted by Gasteiger charge is 2.14. The summed E-state index contributed by atoms with van der Waals surface area (Å²) in [5.41, 5.74) is 2.84. The van der Waals surface area contributed by atoms with Crippen molar-refractivity contribution in [3.8, 4) is 0 Å². The van der Waals surface area contributed by atoms with Gasteiger partial charge in [0.15, 0.2) is 0 Å². The predicted molar refractivity (Wildman–Crippen MR) is 88.7 cm³/mol. The van der Waals surface area contributed by atoms with Gasteiger partial charge in [-0.15, -0.1) is 5.10 Å². The Morgan fingerprint density at radius 3 is 2.68 bits per heavy atom. The number of hydrogen-bond donors (Lipinski definition) is 2. The normalized spacial score (nSPS) is 10.6. The van der Waals surface area contributed by atoms with Crippen molar-refractivity contribution in [2.45, 2.75) is 5.16 Å². The fourth-order valence-electron chi connectivity index (χ4n) is 2.15. The minimum Gasteiger partial charge on any atom is -0.386 e. The average Bonchev–Trinajstić information content (AvgIpc) is 2.98. The number of amides is 1. The number of nitrogens with one attached hydrogen (secondary N) is 2. The molecular weight excluding hydrogens is 298 g/mol. The SMILES string of the molecule is CNc1ccccc1NC(=O)c1ccc2cnc(SC)nn12. The van der Waals surface area contributed by atoms with Gasteiger partial charge < -0.3 is 10.6 Å². The molecule has 3 aromatic rings. The standard InChI is InChI=1S/C15H15N5OS/c1-16-11-5-3-4-6-12(11)18-14(21)13-8-7-10-9-17-15(22-2)19-20(10)13/h3-9,16H,1-2H3,(H,18,21). The zero-order valence-corrected chi connectivity index (χ0v) is 13.0. The fraction of sp³-hybridized carbons (Fsp3) is 0.133. The van der Waals surface area contributed by atoms with Gasteiger partial charge in [-0.3, -0.25) is 4.79 Å². The van der Waals surface area contributed by atoms with Gasteiger partial charge in [-0.25, -0.2) is 9.50 Å². The maximum atomic E-state index is 12.5. The van der Waals surface area contributed by atoms with E-state index in [2.05, 4.69) is 20.7 Å². The third kappa shape index (κ3) is 2.62. The van der Waals surface area contributed by atoms with Crippen molar-refractivity contribution in [2.75, 3.05) is 23.9 Å². The van der Waals surface area contributed by atoms with E-state index in [-0.39, 0.29) is 5.91 Å². The first-order chi connectivity index (χ1) is 10.7. The monoisotopic (exact) mass is 313 g/mol. The Morgan fingerprint density at radius 2 is 1.95 bits per heavy atom. The number of carbonyl (C=O) groups excluding carboxylic acids is 1. The minimum absolute atomic E-state index is 0.214. The molecule has 2 heterocycles. The van der Waals surface area contributed by atoms with Crippen LogP contribution in [0.4, 0.5) is 11.4 Å². The summed E-state index contributed by atoms with van der Waals surface area (Å²) in [4.78, 5) is 16.7. The summed E-state index contributed by atoms with van der Waals surface area (Å²) in [5.74, 6) is -0.214. The van der Waals surface area contributed by atoms with E-state index in [0.29, 0.717) is 10.9 Å². The predicted octanol–water partition coefficient (Wildman–Crippen LogP) is 2.75. The Hall–Kier alpha value is -2.54. The fourth-order valence-corrected chi connectivity index (χ4v) is 2.47. The summed E-state index contributed by atoms with van der Waals surface area (Å²) < 4.78 is 1.61. The Balaban J connectivity index is 1.95. The first kappa shape index (κ1) is 14.4. The number of nitrogens with zero attached hydrogens (tertiary/aromatic N) is 3. The number of carbonyl (C=O) groups is 1. The molecule has 0 atom stereocenters. The summed E-state index contributed by atoms with van der Waals surface area (Å²) >= 11 is 1.43. The number of para-hydroxylation sites is 2. The second-order valence-corrected chi connectivity index (χ2v) is 5.32. The lowest BCUT2D eigenvalue weighted by Crippen LogP contribution is -2.16. The van der Waals surface area contributed by atoms with Gasteiger partial charge in [-0.05, 0) is 30.5 Å². The van der Waals surface area contributed by atoms with Gasteiger partial charge in [0.25, 0.3) is 5.91 Å². The Bertz CT molecular complexity index is 830. The van der Waals surface area contributed by atoms with Crippen molar-refractivity contribution >= 4 is 34.6 Å². The number of benzene rings is 1. The molecule has 1 aromatic carbocycles. The highest BCUT2D eigenvalue weighted by molar-refractivity contribution is 7.98. The lowest BCUT2D eigenvalue weighted by molar-refractivity contribution is 0.102. The Morgan fingerprint density at radius 1 is 1.18 bits per heavy atom. The van der Waals surface area contributed by atoms with Gasteiger partial charge in [0.2, 0.25) is 5.16 Å². The topological polar surface area (TPSA) is 71.3 Å². The smallest absolute Gasteiger partial charge is 0.274 e. The molecular formula is C15H15N5OS. The molecule has 112 valence electrons. The van der Waals surface area contributed by atoms with Gasteiger partial charge in [-0.2, -0.15) is 0 Å². The Labute approximate surface area is 131 Å². The average molecular weight is 313 g/mol. The number of anilines is 2. The van der Waals surface area contributed by atoms with Crippen LogP contribution >= 0.6 is 11.8 Å². The van der Waals surface area contributed by atoms with Crippen LogP contribution in [0.1, 0.15) is 10.5 Å². The first-order valence-electron chi connectivity index (χ1n) is 6.70. The highest BCUT2D eigenvalue weighted by Crippen LogP contribution is 2.21. The molecule has 0 bridgehead atoms. The van der Waals surface area contributed by atoms with Crippen LogP contribution < -0.4 is 10.6 Å². The molecule has 0 unspecified atom stereocenters. The van der Waals surface area contributed by atoms with Gasteiger partial charge >= 0.3 is 0 Å². The van der Waals surface area contributed by atoms with Gasteiger partial charge in [0.1, 0.15) is 5.69 Å². The minimum atomic E-state index is -0.214. The van der Waals surface area contributed by atoms with Crippen molar-refractivity contribution in [3.05, 3.63) is 48.3 Å². The van der Waals surface area contributed by atoms with Crippen molar-refractivity contribution in [3.63, 3.8) is 0 Å². The molecule has 0 aliphatic rings. The summed E-state index contributed by atoms with van der Waals surface area (Å²) in [6, 6.07) is 11.1. The molecule has 22 heavy (non-hydrogen) atoms. The zero-order valence-electron chi connectivity index (χ0n) is 12.2. The molecule has 0 saturated heterocycles. The van der Waals surface area contributed by atoms with E-state index < -0.39 is 0 Å². The van der Waals surface area contributed by atoms with Crippen LogP contribution in [0.3, 0.4) is 0 Å². The number of hydrogen-bond acceptors (Lipinski definition) is 5. The number of fused-ring (bicyclic) bond motifs is 1. The highest BCUT2D eigenvalue weighted by atomic mass is 32.2. The third-order valence-electron chi connectivity index (χ3n) is 3.24. The van der Waals surface area contributed by atoms with Crippen LogP contribution in [0.5, 0.6) is 0 Å². The van der Waals surface area contributed by atoms with Gasteiger partial charge in [0.05, 0.1) is 23.1 Å². The molecule has 1 amide bonds. The maximum absolute atomic E-state index is 12.5. The lowest BCUT2D eigenvalue weighted by Gasteiger charge is -2.10. The molecule has 0 spiro atoms. The molecule has 0 saturated carbocycles. The molecule has 3 rings (SSSR count). The van der Waals surface area contributed by atoms with E-state index in [9.17, 15) is 4.79 Å². The Kier molecular flexibility index (Phi) is 3.97. The number of aromatic nitrogens is 3. The van der Waals surface area contributed by atoms with Crippen LogP contribution in [0.15, 0.2) is 47.8 Å². The van der Waals surface area contributed by atoms with Crippen molar-refractivity contribution in [2.24, 2.45) is 0 Å². The molecule has 6 nitrogen and oxygen atoms in total. The van der Waals surface area contributed by atoms with Crippen LogP contribution in [0.2, 0.25) is 0 Å². The molecule has 2 N–H and O–H groups in total. The van der Waals surface area contributed by atoms with E-state index in [1.54, 1.807) is 16.8 Å². The van der Waals surface area contributed by atoms with E-state index in [1.807, 2.05) is 43.6 Å². The van der Waals surface area contributed by atoms with Crippen LogP contribution in [-0.4, -0.2) is 33.8 Å². The van der Waals surface area contributed by atoms with E-state index in [0.717, 1.165) is 16.9 Å². The first-order valence-corrected chi connectivity index (χ1v) is 7.92. The number of thioether (sulfide) groups is 1. The summed E-state index contributed by atoms with van der Waals surface area (Å²) in [5, 5.41) is 10.9. The van der Waals surface area contributed by atoms with Crippen LogP contribution in [0.25, 0.3) is 5.52 Å². The van der Waals surface area contributed by atoms with Crippen molar-refractivity contribution < 1.29 is 4.79 Å². The third-order valence-corrected chi connectivity index (χ3v) is 3.79. The number of rotatable bonds is 4. The van der Waals surface area contributed by atoms with Gasteiger partial charge in [0, 0.05) is 7.05 Å². The van der Waals surface area contributed by atoms with Crippen molar-refractivity contribution in [1.82, 2.24) is 14.6 Å². The van der Waals surface area contributed by atoms with E-state index >= 15 is 0 Å². The summed E-state index contributed by atoms with van der Waals surface area (Å²) in [6.07, 6.45) is 3.60. The molecule has 7 heteroatoms. The second-order valence-electron chi connectivity index (χ2n) is 4.55. The quantitative estimate of drug-likeness (QED) is 0.725. The van der Waals surface area contributed by atoms with E-state index in [1.165, 1.54) is 11.8 Å². The zero-order chi connectivity index (χ0) is 15.5. The van der Waals surface area contributed by atoms with E-state index in [4.69, 9.17) is 0 Å². The molecule has 0 radical (unpaired) electrons. The van der Waals surface area contributed by atoms with Crippen molar-refractivity contribution in [1.29, 1.82) is 0 Å². The lowest BCUT2D eigenvalue weighted by atomic mass is 10.2. The molecule has 0 fully saturated rings. The summed E-state index contributed by atoms with van der Waals surface area (Å²) in [6.45, 7) is 0. The molecule has 0 aliphatic heterocycles. The largest absolute Gasteiger partial charge is 0.386 e. The molecule has 2 aromatic heterocycles. The molecule has 0 aliphatic carbocycles. The summed E-state index contributed by atoms with van der Waals surface area (Å²) in [7, 11) is 1.82. The maximum Gasteiger partial charge on any atom is 0.274 e.